The zero-order valence-electron chi connectivity index (χ0n) is 12.8. The highest BCUT2D eigenvalue weighted by atomic mass is 16.5. The lowest BCUT2D eigenvalue weighted by molar-refractivity contribution is -0.128. The third-order valence-corrected chi connectivity index (χ3v) is 3.24. The molecule has 2 N–H and O–H groups in total. The fraction of sp³-hybridized carbons (Fsp3) is 0.800. The maximum absolute atomic E-state index is 11.6. The van der Waals surface area contributed by atoms with E-state index in [0.29, 0.717) is 12.2 Å². The van der Waals surface area contributed by atoms with Crippen molar-refractivity contribution in [3.8, 4) is 0 Å². The first kappa shape index (κ1) is 17.2. The molecule has 0 aliphatic rings. The number of carbonyl (C=O) groups is 1. The minimum Gasteiger partial charge on any atom is -0.491 e. The molecule has 0 aliphatic heterocycles. The van der Waals surface area contributed by atoms with Crippen LogP contribution in [-0.4, -0.2) is 17.4 Å². The van der Waals surface area contributed by atoms with Crippen LogP contribution in [0.1, 0.15) is 60.8 Å². The Morgan fingerprint density at radius 2 is 1.83 bits per heavy atom. The maximum atomic E-state index is 11.6. The molecule has 0 radical (unpaired) electrons. The van der Waals surface area contributed by atoms with Gasteiger partial charge >= 0.3 is 0 Å². The van der Waals surface area contributed by atoms with Gasteiger partial charge in [-0.25, -0.2) is 0 Å². The first-order valence-corrected chi connectivity index (χ1v) is 6.66. The molecule has 0 aromatic carbocycles. The highest BCUT2D eigenvalue weighted by Crippen LogP contribution is 2.32. The molecular weight excluding hydrogens is 226 g/mol. The average Bonchev–Trinajstić information content (AvgIpc) is 2.14. The zero-order valence-corrected chi connectivity index (χ0v) is 12.8. The average molecular weight is 255 g/mol. The Morgan fingerprint density at radius 1 is 1.33 bits per heavy atom. The van der Waals surface area contributed by atoms with E-state index in [9.17, 15) is 4.79 Å². The molecule has 18 heavy (non-hydrogen) atoms. The van der Waals surface area contributed by atoms with E-state index in [1.807, 2.05) is 27.7 Å². The SMILES string of the molecule is C=C(OC(C)(C)CC(C)(C)C(C)=O)C(N)CCC. The van der Waals surface area contributed by atoms with Crippen molar-refractivity contribution in [1.82, 2.24) is 0 Å². The lowest BCUT2D eigenvalue weighted by Gasteiger charge is -2.35. The van der Waals surface area contributed by atoms with Crippen molar-refractivity contribution in [3.63, 3.8) is 0 Å². The summed E-state index contributed by atoms with van der Waals surface area (Å²) in [5, 5.41) is 0. The monoisotopic (exact) mass is 255 g/mol. The zero-order chi connectivity index (χ0) is 14.6. The summed E-state index contributed by atoms with van der Waals surface area (Å²) in [6.45, 7) is 15.4. The number of carbonyl (C=O) groups excluding carboxylic acids is 1. The topological polar surface area (TPSA) is 52.3 Å². The number of nitrogens with two attached hydrogens (primary N) is 1. The Hall–Kier alpha value is -0.830. The van der Waals surface area contributed by atoms with Crippen molar-refractivity contribution in [2.45, 2.75) is 72.4 Å². The predicted octanol–water partition coefficient (Wildman–Crippen LogP) is 3.43. The Bertz CT molecular complexity index is 306. The fourth-order valence-corrected chi connectivity index (χ4v) is 2.13. The van der Waals surface area contributed by atoms with Gasteiger partial charge in [-0.15, -0.1) is 0 Å². The van der Waals surface area contributed by atoms with E-state index in [1.165, 1.54) is 0 Å². The molecule has 0 aromatic rings. The van der Waals surface area contributed by atoms with E-state index in [0.717, 1.165) is 12.8 Å². The van der Waals surface area contributed by atoms with Crippen molar-refractivity contribution < 1.29 is 9.53 Å². The molecule has 0 fully saturated rings. The third kappa shape index (κ3) is 5.67. The number of hydrogen-bond donors (Lipinski definition) is 1. The molecule has 0 rings (SSSR count). The molecule has 0 saturated carbocycles. The Morgan fingerprint density at radius 3 is 2.22 bits per heavy atom. The van der Waals surface area contributed by atoms with Gasteiger partial charge in [-0.1, -0.05) is 33.8 Å². The van der Waals surface area contributed by atoms with Crippen LogP contribution in [0.4, 0.5) is 0 Å². The van der Waals surface area contributed by atoms with Crippen LogP contribution >= 0.6 is 0 Å². The van der Waals surface area contributed by atoms with Gasteiger partial charge in [0, 0.05) is 5.41 Å². The minimum atomic E-state index is -0.433. The molecule has 0 saturated heterocycles. The third-order valence-electron chi connectivity index (χ3n) is 3.24. The molecule has 0 aliphatic carbocycles. The van der Waals surface area contributed by atoms with Gasteiger partial charge in [0.2, 0.25) is 0 Å². The van der Waals surface area contributed by atoms with Gasteiger partial charge in [-0.3, -0.25) is 4.79 Å². The summed E-state index contributed by atoms with van der Waals surface area (Å²) < 4.78 is 5.87. The summed E-state index contributed by atoms with van der Waals surface area (Å²) in [6.07, 6.45) is 2.52. The largest absolute Gasteiger partial charge is 0.491 e. The van der Waals surface area contributed by atoms with Crippen LogP contribution in [0.2, 0.25) is 0 Å². The highest BCUT2D eigenvalue weighted by molar-refractivity contribution is 5.81. The van der Waals surface area contributed by atoms with Crippen LogP contribution in [0.3, 0.4) is 0 Å². The second-order valence-corrected chi connectivity index (χ2v) is 6.34. The predicted molar refractivity (Wildman–Crippen MR) is 76.3 cm³/mol. The van der Waals surface area contributed by atoms with Gasteiger partial charge in [-0.2, -0.15) is 0 Å². The number of rotatable bonds is 8. The Kier molecular flexibility index (Phi) is 6.08. The van der Waals surface area contributed by atoms with Crippen LogP contribution < -0.4 is 5.73 Å². The molecule has 1 atom stereocenters. The summed E-state index contributed by atoms with van der Waals surface area (Å²) >= 11 is 0. The molecule has 3 nitrogen and oxygen atoms in total. The quantitative estimate of drug-likeness (QED) is 0.676. The van der Waals surface area contributed by atoms with Gasteiger partial charge in [0.05, 0.1) is 6.04 Å². The van der Waals surface area contributed by atoms with E-state index < -0.39 is 11.0 Å². The highest BCUT2D eigenvalue weighted by Gasteiger charge is 2.34. The minimum absolute atomic E-state index is 0.130. The lowest BCUT2D eigenvalue weighted by Crippen LogP contribution is -2.37. The van der Waals surface area contributed by atoms with E-state index in [2.05, 4.69) is 13.5 Å². The Balaban J connectivity index is 4.57. The summed E-state index contributed by atoms with van der Waals surface area (Å²) in [5.41, 5.74) is 5.14. The summed E-state index contributed by atoms with van der Waals surface area (Å²) in [7, 11) is 0. The van der Waals surface area contributed by atoms with Gasteiger partial charge in [0.25, 0.3) is 0 Å². The van der Waals surface area contributed by atoms with Gasteiger partial charge in [0.15, 0.2) is 0 Å². The van der Waals surface area contributed by atoms with Crippen molar-refractivity contribution in [1.29, 1.82) is 0 Å². The van der Waals surface area contributed by atoms with E-state index >= 15 is 0 Å². The van der Waals surface area contributed by atoms with Crippen LogP contribution in [-0.2, 0) is 9.53 Å². The molecule has 0 amide bonds. The van der Waals surface area contributed by atoms with Crippen molar-refractivity contribution in [2.24, 2.45) is 11.1 Å². The molecular formula is C15H29NO2. The second kappa shape index (κ2) is 6.37. The molecule has 1 unspecified atom stereocenters. The summed E-state index contributed by atoms with van der Waals surface area (Å²) in [6, 6.07) is -0.130. The Labute approximate surface area is 112 Å². The van der Waals surface area contributed by atoms with Crippen molar-refractivity contribution in [2.75, 3.05) is 0 Å². The van der Waals surface area contributed by atoms with Crippen LogP contribution in [0, 0.1) is 5.41 Å². The molecule has 0 spiro atoms. The second-order valence-electron chi connectivity index (χ2n) is 6.34. The number of ketones is 1. The standard InChI is InChI=1S/C15H29NO2/c1-8-9-13(16)11(2)18-15(6,7)10-14(4,5)12(3)17/h13H,2,8-10,16H2,1,3-7H3. The van der Waals surface area contributed by atoms with E-state index in [4.69, 9.17) is 10.5 Å². The first-order valence-electron chi connectivity index (χ1n) is 6.66. The van der Waals surface area contributed by atoms with Gasteiger partial charge in [0.1, 0.15) is 17.1 Å². The normalized spacial score (nSPS) is 14.2. The smallest absolute Gasteiger partial charge is 0.135 e. The van der Waals surface area contributed by atoms with Crippen LogP contribution in [0.15, 0.2) is 12.3 Å². The molecule has 0 bridgehead atoms. The van der Waals surface area contributed by atoms with Crippen LogP contribution in [0.5, 0.6) is 0 Å². The van der Waals surface area contributed by atoms with Gasteiger partial charge in [-0.05, 0) is 33.6 Å². The van der Waals surface area contributed by atoms with Gasteiger partial charge < -0.3 is 10.5 Å². The van der Waals surface area contributed by atoms with E-state index in [-0.39, 0.29) is 11.8 Å². The summed E-state index contributed by atoms with van der Waals surface area (Å²) in [5.74, 6) is 0.781. The number of ether oxygens (including phenoxy) is 1. The van der Waals surface area contributed by atoms with E-state index in [1.54, 1.807) is 6.92 Å². The molecule has 0 heterocycles. The number of hydrogen-bond acceptors (Lipinski definition) is 3. The number of Topliss-reactive ketones (excluding diaryl/α,β-unsaturated/α-hetero) is 1. The van der Waals surface area contributed by atoms with Crippen molar-refractivity contribution >= 4 is 5.78 Å². The maximum Gasteiger partial charge on any atom is 0.135 e. The first-order chi connectivity index (χ1) is 8.02. The molecule has 3 heteroatoms. The fourth-order valence-electron chi connectivity index (χ4n) is 2.13. The van der Waals surface area contributed by atoms with Crippen LogP contribution in [0.25, 0.3) is 0 Å². The summed E-state index contributed by atoms with van der Waals surface area (Å²) in [4.78, 5) is 11.6. The molecule has 0 aromatic heterocycles. The van der Waals surface area contributed by atoms with Crippen molar-refractivity contribution in [3.05, 3.63) is 12.3 Å². The molecule has 106 valence electrons. The lowest BCUT2D eigenvalue weighted by atomic mass is 9.79.